The highest BCUT2D eigenvalue weighted by Gasteiger charge is 2.22. The molecule has 0 unspecified atom stereocenters. The number of hydrogen-bond donors (Lipinski definition) is 2. The summed E-state index contributed by atoms with van der Waals surface area (Å²) in [5.41, 5.74) is 3.97. The Morgan fingerprint density at radius 1 is 1.29 bits per heavy atom. The summed E-state index contributed by atoms with van der Waals surface area (Å²) in [4.78, 5) is 6.98. The summed E-state index contributed by atoms with van der Waals surface area (Å²) in [5, 5.41) is 10.2. The average molecular weight is 465 g/mol. The fourth-order valence-corrected chi connectivity index (χ4v) is 5.06. The zero-order valence-electron chi connectivity index (χ0n) is 17.4. The third kappa shape index (κ3) is 4.79. The molecule has 0 bridgehead atoms. The van der Waals surface area contributed by atoms with Gasteiger partial charge >= 0.3 is 0 Å². The third-order valence-corrected chi connectivity index (χ3v) is 6.57. The molecule has 1 aliphatic heterocycles. The maximum atomic E-state index is 11.5. The molecule has 4 rings (SSSR count). The van der Waals surface area contributed by atoms with Gasteiger partial charge in [0.25, 0.3) is 0 Å². The van der Waals surface area contributed by atoms with E-state index in [1.54, 1.807) is 12.1 Å². The van der Waals surface area contributed by atoms with Crippen LogP contribution < -0.4 is 14.4 Å². The summed E-state index contributed by atoms with van der Waals surface area (Å²) < 4.78 is 32.8. The van der Waals surface area contributed by atoms with Crippen LogP contribution in [0.5, 0.6) is 5.75 Å². The number of sulfonamides is 1. The smallest absolute Gasteiger partial charge is 0.208 e. The molecule has 0 amide bonds. The predicted molar refractivity (Wildman–Crippen MR) is 121 cm³/mol. The highest BCUT2D eigenvalue weighted by molar-refractivity contribution is 7.88. The molecule has 0 spiro atoms. The summed E-state index contributed by atoms with van der Waals surface area (Å²) >= 11 is 6.30. The topological polar surface area (TPSA) is 96.2 Å². The zero-order valence-corrected chi connectivity index (χ0v) is 18.9. The number of methoxy groups -OCH3 is 1. The van der Waals surface area contributed by atoms with Crippen molar-refractivity contribution in [2.45, 2.75) is 25.5 Å². The first-order chi connectivity index (χ1) is 14.8. The first-order valence-corrected chi connectivity index (χ1v) is 12.2. The van der Waals surface area contributed by atoms with Gasteiger partial charge in [-0.2, -0.15) is 0 Å². The van der Waals surface area contributed by atoms with E-state index in [-0.39, 0.29) is 12.6 Å². The summed E-state index contributed by atoms with van der Waals surface area (Å²) in [6, 6.07) is 7.49. The lowest BCUT2D eigenvalue weighted by Crippen LogP contribution is -2.44. The average Bonchev–Trinajstić information content (AvgIpc) is 3.16. The molecule has 0 saturated carbocycles. The fourth-order valence-electron chi connectivity index (χ4n) is 3.98. The zero-order chi connectivity index (χ0) is 22.2. The molecule has 0 radical (unpaired) electrons. The van der Waals surface area contributed by atoms with E-state index in [1.165, 1.54) is 13.4 Å². The van der Waals surface area contributed by atoms with Gasteiger partial charge in [0.2, 0.25) is 10.0 Å². The Hall–Kier alpha value is -2.33. The van der Waals surface area contributed by atoms with E-state index in [1.807, 2.05) is 28.9 Å². The minimum Gasteiger partial charge on any atom is -0.495 e. The third-order valence-electron chi connectivity index (χ3n) is 5.51. The van der Waals surface area contributed by atoms with E-state index < -0.39 is 10.0 Å². The molecule has 0 atom stereocenters. The van der Waals surface area contributed by atoms with Crippen molar-refractivity contribution in [3.8, 4) is 17.0 Å². The quantitative estimate of drug-likeness (QED) is 0.582. The summed E-state index contributed by atoms with van der Waals surface area (Å²) in [7, 11) is -1.65. The number of ether oxygens (including phenoxy) is 1. The Labute approximate surface area is 186 Å². The molecular formula is C21H25ClN4O4S. The minimum absolute atomic E-state index is 0.0234. The van der Waals surface area contributed by atoms with Crippen molar-refractivity contribution < 1.29 is 18.3 Å². The van der Waals surface area contributed by atoms with Crippen LogP contribution in [0.4, 0.5) is 5.69 Å². The first-order valence-electron chi connectivity index (χ1n) is 9.96. The number of nitrogens with one attached hydrogen (secondary N) is 1. The van der Waals surface area contributed by atoms with E-state index >= 15 is 0 Å². The van der Waals surface area contributed by atoms with Gasteiger partial charge in [-0.3, -0.25) is 0 Å². The predicted octanol–water partition coefficient (Wildman–Crippen LogP) is 2.67. The lowest BCUT2D eigenvalue weighted by atomic mass is 10.1. The van der Waals surface area contributed by atoms with Gasteiger partial charge in [0.05, 0.1) is 30.7 Å². The van der Waals surface area contributed by atoms with Crippen molar-refractivity contribution in [1.82, 2.24) is 14.1 Å². The standard InChI is InChI=1S/C21H25ClN4O4S/c1-30-20-9-14(13-27)17(11-18(20)22)19-12-26-8-5-16(10-21(26)23-19)25-6-3-15(4-7-25)24-31(2,28)29/h5,8-12,15,24,27H,3-4,6-7,13H2,1-2H3. The SMILES string of the molecule is COc1cc(CO)c(-c2cn3ccc(N4CCC(NS(C)(=O)=O)CC4)cc3n2)cc1Cl. The lowest BCUT2D eigenvalue weighted by Gasteiger charge is -2.33. The number of imidazole rings is 1. The second kappa shape index (κ2) is 8.66. The number of halogens is 1. The van der Waals surface area contributed by atoms with Crippen LogP contribution in [0.25, 0.3) is 16.9 Å². The molecule has 1 fully saturated rings. The number of piperidine rings is 1. The van der Waals surface area contributed by atoms with Crippen LogP contribution >= 0.6 is 11.6 Å². The van der Waals surface area contributed by atoms with Crippen LogP contribution in [-0.2, 0) is 16.6 Å². The van der Waals surface area contributed by atoms with E-state index in [9.17, 15) is 13.5 Å². The molecule has 31 heavy (non-hydrogen) atoms. The molecule has 3 aromatic rings. The van der Waals surface area contributed by atoms with Gasteiger partial charge in [-0.05, 0) is 36.6 Å². The number of rotatable bonds is 6. The van der Waals surface area contributed by atoms with E-state index in [2.05, 4.69) is 9.62 Å². The number of benzene rings is 1. The summed E-state index contributed by atoms with van der Waals surface area (Å²) in [6.45, 7) is 1.37. The molecule has 2 aromatic heterocycles. The number of aliphatic hydroxyl groups excluding tert-OH is 1. The second-order valence-corrected chi connectivity index (χ2v) is 9.92. The molecule has 166 valence electrons. The van der Waals surface area contributed by atoms with Crippen LogP contribution in [0.1, 0.15) is 18.4 Å². The number of pyridine rings is 1. The normalized spacial score (nSPS) is 15.5. The Morgan fingerprint density at radius 2 is 2.03 bits per heavy atom. The van der Waals surface area contributed by atoms with Crippen LogP contribution in [0.3, 0.4) is 0 Å². The molecule has 1 aromatic carbocycles. The Morgan fingerprint density at radius 3 is 2.68 bits per heavy atom. The van der Waals surface area contributed by atoms with Crippen molar-refractivity contribution in [3.05, 3.63) is 47.2 Å². The number of aliphatic hydroxyl groups is 1. The summed E-state index contributed by atoms with van der Waals surface area (Å²) in [5.74, 6) is 0.509. The van der Waals surface area contributed by atoms with Gasteiger partial charge in [-0.25, -0.2) is 18.1 Å². The molecule has 10 heteroatoms. The molecular weight excluding hydrogens is 440 g/mol. The van der Waals surface area contributed by atoms with Crippen molar-refractivity contribution >= 4 is 33.0 Å². The van der Waals surface area contributed by atoms with Gasteiger partial charge in [0.1, 0.15) is 11.4 Å². The fraction of sp³-hybridized carbons (Fsp3) is 0.381. The number of hydrogen-bond acceptors (Lipinski definition) is 6. The van der Waals surface area contributed by atoms with Gasteiger partial charge in [0.15, 0.2) is 0 Å². The van der Waals surface area contributed by atoms with Gasteiger partial charge in [-0.15, -0.1) is 0 Å². The first kappa shape index (κ1) is 21.9. The largest absolute Gasteiger partial charge is 0.495 e. The highest BCUT2D eigenvalue weighted by Crippen LogP contribution is 2.34. The van der Waals surface area contributed by atoms with Gasteiger partial charge < -0.3 is 19.1 Å². The molecule has 3 heterocycles. The van der Waals surface area contributed by atoms with E-state index in [0.29, 0.717) is 22.0 Å². The lowest BCUT2D eigenvalue weighted by molar-refractivity contribution is 0.281. The molecule has 1 aliphatic rings. The number of nitrogens with zero attached hydrogens (tertiary/aromatic N) is 3. The van der Waals surface area contributed by atoms with Crippen LogP contribution in [0.15, 0.2) is 36.7 Å². The van der Waals surface area contributed by atoms with Gasteiger partial charge in [-0.1, -0.05) is 11.6 Å². The van der Waals surface area contributed by atoms with E-state index in [4.69, 9.17) is 21.3 Å². The van der Waals surface area contributed by atoms with Crippen LogP contribution in [-0.4, -0.2) is 55.4 Å². The van der Waals surface area contributed by atoms with Crippen molar-refractivity contribution in [3.63, 3.8) is 0 Å². The maximum absolute atomic E-state index is 11.5. The number of fused-ring (bicyclic) bond motifs is 1. The molecule has 8 nitrogen and oxygen atoms in total. The van der Waals surface area contributed by atoms with Crippen LogP contribution in [0, 0.1) is 0 Å². The van der Waals surface area contributed by atoms with Crippen molar-refractivity contribution in [2.24, 2.45) is 0 Å². The number of aromatic nitrogens is 2. The molecule has 1 saturated heterocycles. The molecule has 2 N–H and O–H groups in total. The van der Waals surface area contributed by atoms with E-state index in [0.717, 1.165) is 42.8 Å². The van der Waals surface area contributed by atoms with Gasteiger partial charge in [0, 0.05) is 48.8 Å². The molecule has 0 aliphatic carbocycles. The maximum Gasteiger partial charge on any atom is 0.208 e. The minimum atomic E-state index is -3.19. The second-order valence-electron chi connectivity index (χ2n) is 7.73. The Balaban J connectivity index is 1.58. The van der Waals surface area contributed by atoms with Crippen molar-refractivity contribution in [2.75, 3.05) is 31.4 Å². The Kier molecular flexibility index (Phi) is 6.11. The highest BCUT2D eigenvalue weighted by atomic mass is 35.5. The summed E-state index contributed by atoms with van der Waals surface area (Å²) in [6.07, 6.45) is 6.55. The Bertz CT molecular complexity index is 1200. The van der Waals surface area contributed by atoms with Crippen LogP contribution in [0.2, 0.25) is 5.02 Å². The number of anilines is 1. The van der Waals surface area contributed by atoms with Crippen molar-refractivity contribution in [1.29, 1.82) is 0 Å². The monoisotopic (exact) mass is 464 g/mol.